The summed E-state index contributed by atoms with van der Waals surface area (Å²) in [5.74, 6) is 0. The summed E-state index contributed by atoms with van der Waals surface area (Å²) in [5.41, 5.74) is 1.29. The molecule has 2 rings (SSSR count). The molecule has 0 aliphatic rings. The summed E-state index contributed by atoms with van der Waals surface area (Å²) in [6, 6.07) is 10.9. The summed E-state index contributed by atoms with van der Waals surface area (Å²) in [5, 5.41) is 1.86. The summed E-state index contributed by atoms with van der Waals surface area (Å²) < 4.78 is 31.7. The van der Waals surface area contributed by atoms with Crippen molar-refractivity contribution in [1.29, 1.82) is 0 Å². The highest BCUT2D eigenvalue weighted by Gasteiger charge is 2.09. The molecule has 0 atom stereocenters. The maximum Gasteiger partial charge on any atom is 0.294 e. The van der Waals surface area contributed by atoms with Crippen LogP contribution in [0.4, 0.5) is 0 Å². The highest BCUT2D eigenvalue weighted by Crippen LogP contribution is 2.22. The Morgan fingerprint density at radius 1 is 0.633 bits per heavy atom. The fraction of sp³-hybridized carbons (Fsp3) is 0.615. The second-order valence-corrected chi connectivity index (χ2v) is 10.1. The highest BCUT2D eigenvalue weighted by molar-refractivity contribution is 7.85. The molecule has 3 nitrogen and oxygen atoms in total. The Hall–Kier alpha value is -1.39. The van der Waals surface area contributed by atoms with Crippen LogP contribution < -0.4 is 0 Å². The lowest BCUT2D eigenvalue weighted by Gasteiger charge is -2.06. The lowest BCUT2D eigenvalue weighted by Crippen LogP contribution is -1.97. The molecule has 0 spiro atoms. The molecule has 0 amide bonds. The van der Waals surface area contributed by atoms with Gasteiger partial charge in [0.2, 0.25) is 0 Å². The average molecular weight is 433 g/mol. The predicted octanol–water partition coefficient (Wildman–Crippen LogP) is 8.11. The largest absolute Gasteiger partial charge is 0.294 e. The molecule has 0 aromatic heterocycles. The van der Waals surface area contributed by atoms with E-state index in [1.54, 1.807) is 6.07 Å². The Balaban J connectivity index is 1.53. The average Bonchev–Trinajstić information content (AvgIpc) is 2.73. The van der Waals surface area contributed by atoms with Gasteiger partial charge in [-0.3, -0.25) is 4.55 Å². The standard InChI is InChI=1S/C26H40O3S/c1-2-3-4-5-6-7-8-9-10-11-12-13-14-15-16-23-17-18-25-22-26(30(27,28)29)20-19-24(25)21-23/h17-22H,2-16H2,1H3,(H,27,28,29). The molecule has 0 unspecified atom stereocenters. The van der Waals surface area contributed by atoms with Crippen LogP contribution in [0.5, 0.6) is 0 Å². The zero-order chi connectivity index (χ0) is 21.7. The molecule has 0 heterocycles. The molecule has 1 N–H and O–H groups in total. The molecule has 0 aliphatic carbocycles. The van der Waals surface area contributed by atoms with Gasteiger partial charge < -0.3 is 0 Å². The van der Waals surface area contributed by atoms with Crippen molar-refractivity contribution in [3.8, 4) is 0 Å². The third kappa shape index (κ3) is 9.61. The molecule has 0 saturated carbocycles. The van der Waals surface area contributed by atoms with Crippen LogP contribution in [-0.4, -0.2) is 13.0 Å². The summed E-state index contributed by atoms with van der Waals surface area (Å²) in [6.45, 7) is 2.27. The number of unbranched alkanes of at least 4 members (excludes halogenated alkanes) is 13. The first kappa shape index (κ1) is 24.9. The second-order valence-electron chi connectivity index (χ2n) is 8.66. The topological polar surface area (TPSA) is 54.4 Å². The number of benzene rings is 2. The van der Waals surface area contributed by atoms with E-state index in [1.165, 1.54) is 108 Å². The lowest BCUT2D eigenvalue weighted by atomic mass is 10.0. The Morgan fingerprint density at radius 3 is 1.63 bits per heavy atom. The van der Waals surface area contributed by atoms with Gasteiger partial charge in [-0.2, -0.15) is 8.42 Å². The number of hydrogen-bond donors (Lipinski definition) is 1. The molecular weight excluding hydrogens is 392 g/mol. The molecule has 0 saturated heterocycles. The molecule has 168 valence electrons. The fourth-order valence-corrected chi connectivity index (χ4v) is 4.63. The minimum Gasteiger partial charge on any atom is -0.282 e. The van der Waals surface area contributed by atoms with Gasteiger partial charge in [0.25, 0.3) is 10.1 Å². The van der Waals surface area contributed by atoms with Crippen molar-refractivity contribution >= 4 is 20.9 Å². The lowest BCUT2D eigenvalue weighted by molar-refractivity contribution is 0.483. The van der Waals surface area contributed by atoms with E-state index in [0.717, 1.165) is 17.2 Å². The van der Waals surface area contributed by atoms with Crippen LogP contribution in [-0.2, 0) is 16.5 Å². The van der Waals surface area contributed by atoms with Gasteiger partial charge in [0.1, 0.15) is 0 Å². The van der Waals surface area contributed by atoms with Gasteiger partial charge in [-0.05, 0) is 41.3 Å². The number of aryl methyl sites for hydroxylation is 1. The van der Waals surface area contributed by atoms with E-state index < -0.39 is 10.1 Å². The van der Waals surface area contributed by atoms with Gasteiger partial charge in [0, 0.05) is 0 Å². The smallest absolute Gasteiger partial charge is 0.282 e. The van der Waals surface area contributed by atoms with Crippen LogP contribution >= 0.6 is 0 Å². The zero-order valence-corrected chi connectivity index (χ0v) is 19.6. The molecule has 0 bridgehead atoms. The molecule has 2 aromatic rings. The van der Waals surface area contributed by atoms with E-state index in [9.17, 15) is 13.0 Å². The monoisotopic (exact) mass is 432 g/mol. The van der Waals surface area contributed by atoms with Crippen molar-refractivity contribution in [2.45, 2.75) is 108 Å². The third-order valence-corrected chi connectivity index (χ3v) is 6.84. The summed E-state index contributed by atoms with van der Waals surface area (Å²) in [6.07, 6.45) is 20.2. The van der Waals surface area contributed by atoms with Gasteiger partial charge in [-0.25, -0.2) is 0 Å². The van der Waals surface area contributed by atoms with E-state index in [4.69, 9.17) is 0 Å². The SMILES string of the molecule is CCCCCCCCCCCCCCCCc1ccc2cc(S(=O)(=O)O)ccc2c1. The van der Waals surface area contributed by atoms with E-state index in [2.05, 4.69) is 19.1 Å². The van der Waals surface area contributed by atoms with Gasteiger partial charge >= 0.3 is 0 Å². The predicted molar refractivity (Wildman–Crippen MR) is 128 cm³/mol. The minimum absolute atomic E-state index is 0.0466. The van der Waals surface area contributed by atoms with Crippen molar-refractivity contribution in [3.63, 3.8) is 0 Å². The maximum absolute atomic E-state index is 11.3. The van der Waals surface area contributed by atoms with Crippen LogP contribution in [0.15, 0.2) is 41.3 Å². The van der Waals surface area contributed by atoms with Crippen molar-refractivity contribution in [1.82, 2.24) is 0 Å². The number of rotatable bonds is 16. The highest BCUT2D eigenvalue weighted by atomic mass is 32.2. The van der Waals surface area contributed by atoms with Gasteiger partial charge in [-0.15, -0.1) is 0 Å². The molecule has 2 aromatic carbocycles. The van der Waals surface area contributed by atoms with Crippen LogP contribution in [0.2, 0.25) is 0 Å². The Kier molecular flexibility index (Phi) is 11.5. The van der Waals surface area contributed by atoms with E-state index in [-0.39, 0.29) is 4.90 Å². The Bertz CT molecular complexity index is 842. The third-order valence-electron chi connectivity index (χ3n) is 5.99. The molecular formula is C26H40O3S. The van der Waals surface area contributed by atoms with E-state index in [1.807, 2.05) is 6.07 Å². The summed E-state index contributed by atoms with van der Waals surface area (Å²) in [4.78, 5) is -0.0466. The van der Waals surface area contributed by atoms with Crippen LogP contribution in [0.1, 0.15) is 102 Å². The Morgan fingerprint density at radius 2 is 1.10 bits per heavy atom. The van der Waals surface area contributed by atoms with Crippen molar-refractivity contribution < 1.29 is 13.0 Å². The van der Waals surface area contributed by atoms with Crippen molar-refractivity contribution in [2.24, 2.45) is 0 Å². The van der Waals surface area contributed by atoms with Crippen LogP contribution in [0.3, 0.4) is 0 Å². The fourth-order valence-electron chi connectivity index (χ4n) is 4.11. The van der Waals surface area contributed by atoms with Crippen LogP contribution in [0.25, 0.3) is 10.8 Å². The normalized spacial score (nSPS) is 11.9. The van der Waals surface area contributed by atoms with Crippen molar-refractivity contribution in [3.05, 3.63) is 42.0 Å². The quantitative estimate of drug-likeness (QED) is 0.215. The second kappa shape index (κ2) is 13.8. The summed E-state index contributed by atoms with van der Waals surface area (Å²) >= 11 is 0. The van der Waals surface area contributed by atoms with Crippen molar-refractivity contribution in [2.75, 3.05) is 0 Å². The molecule has 4 heteroatoms. The van der Waals surface area contributed by atoms with Gasteiger partial charge in [0.15, 0.2) is 0 Å². The molecule has 0 aliphatic heterocycles. The van der Waals surface area contributed by atoms with Crippen LogP contribution in [0, 0.1) is 0 Å². The van der Waals surface area contributed by atoms with E-state index >= 15 is 0 Å². The van der Waals surface area contributed by atoms with Gasteiger partial charge in [-0.1, -0.05) is 115 Å². The molecule has 0 radical (unpaired) electrons. The first-order valence-corrected chi connectivity index (χ1v) is 13.4. The first-order chi connectivity index (χ1) is 14.5. The van der Waals surface area contributed by atoms with Gasteiger partial charge in [0.05, 0.1) is 4.90 Å². The number of fused-ring (bicyclic) bond motifs is 1. The molecule has 0 fully saturated rings. The Labute approximate surface area is 184 Å². The van der Waals surface area contributed by atoms with E-state index in [0.29, 0.717) is 0 Å². The minimum atomic E-state index is -4.14. The molecule has 30 heavy (non-hydrogen) atoms. The number of hydrogen-bond acceptors (Lipinski definition) is 2. The maximum atomic E-state index is 11.3. The summed E-state index contributed by atoms with van der Waals surface area (Å²) in [7, 11) is -4.14. The first-order valence-electron chi connectivity index (χ1n) is 12.0. The zero-order valence-electron chi connectivity index (χ0n) is 18.7.